The highest BCUT2D eigenvalue weighted by Gasteiger charge is 2.32. The third kappa shape index (κ3) is 3.75. The van der Waals surface area contributed by atoms with Crippen LogP contribution in [-0.2, 0) is 0 Å². The molecule has 8 heteroatoms. The molecule has 2 unspecified atom stereocenters. The van der Waals surface area contributed by atoms with E-state index in [2.05, 4.69) is 69.8 Å². The quantitative estimate of drug-likeness (QED) is 0.418. The summed E-state index contributed by atoms with van der Waals surface area (Å²) in [6.45, 7) is 8.86. The zero-order valence-corrected chi connectivity index (χ0v) is 18.1. The van der Waals surface area contributed by atoms with Crippen molar-refractivity contribution in [3.8, 4) is 0 Å². The minimum absolute atomic E-state index is 0.0323. The molecule has 146 valence electrons. The second-order valence-electron chi connectivity index (χ2n) is 7.20. The zero-order valence-electron chi connectivity index (χ0n) is 16.4. The molecule has 4 aromatic rings. The van der Waals surface area contributed by atoms with Crippen LogP contribution in [0.5, 0.6) is 0 Å². The van der Waals surface area contributed by atoms with Gasteiger partial charge in [-0.15, -0.1) is 33.7 Å². The highest BCUT2D eigenvalue weighted by Crippen LogP contribution is 2.46. The van der Waals surface area contributed by atoms with Gasteiger partial charge >= 0.3 is 0 Å². The van der Waals surface area contributed by atoms with Crippen LogP contribution in [0.2, 0.25) is 0 Å². The fraction of sp³-hybridized carbons (Fsp3) is 0.400. The van der Waals surface area contributed by atoms with Gasteiger partial charge in [0.25, 0.3) is 0 Å². The summed E-state index contributed by atoms with van der Waals surface area (Å²) in [5.41, 5.74) is 3.90. The highest BCUT2D eigenvalue weighted by atomic mass is 32.2. The molecule has 0 aliphatic carbocycles. The van der Waals surface area contributed by atoms with Crippen LogP contribution in [0, 0.1) is 0 Å². The van der Waals surface area contributed by atoms with E-state index < -0.39 is 0 Å². The molecule has 2 aromatic carbocycles. The van der Waals surface area contributed by atoms with E-state index in [0.717, 1.165) is 22.1 Å². The first-order valence-electron chi connectivity index (χ1n) is 9.45. The van der Waals surface area contributed by atoms with Crippen molar-refractivity contribution >= 4 is 45.6 Å². The van der Waals surface area contributed by atoms with E-state index in [9.17, 15) is 0 Å². The molecular weight excluding hydrogens is 388 g/mol. The van der Waals surface area contributed by atoms with Crippen molar-refractivity contribution in [1.82, 2.24) is 30.0 Å². The monoisotopic (exact) mass is 412 g/mol. The number of benzene rings is 2. The van der Waals surface area contributed by atoms with Crippen LogP contribution in [0.1, 0.15) is 38.4 Å². The molecule has 0 spiro atoms. The number of fused-ring (bicyclic) bond motifs is 2. The fourth-order valence-corrected chi connectivity index (χ4v) is 5.74. The largest absolute Gasteiger partial charge is 0.228 e. The summed E-state index contributed by atoms with van der Waals surface area (Å²) in [5, 5.41) is 18.8. The second kappa shape index (κ2) is 8.13. The number of hydrogen-bond acceptors (Lipinski definition) is 6. The number of hydrogen-bond donors (Lipinski definition) is 0. The van der Waals surface area contributed by atoms with Crippen LogP contribution in [0.3, 0.4) is 0 Å². The van der Waals surface area contributed by atoms with Gasteiger partial charge in [0.1, 0.15) is 21.8 Å². The van der Waals surface area contributed by atoms with Crippen molar-refractivity contribution in [2.24, 2.45) is 0 Å². The van der Waals surface area contributed by atoms with E-state index in [1.54, 1.807) is 0 Å². The van der Waals surface area contributed by atoms with Crippen LogP contribution in [0.4, 0.5) is 0 Å². The third-order valence-electron chi connectivity index (χ3n) is 4.30. The maximum Gasteiger partial charge on any atom is 0.132 e. The molecule has 0 aliphatic rings. The third-order valence-corrected chi connectivity index (χ3v) is 7.04. The molecule has 0 amide bonds. The lowest BCUT2D eigenvalue weighted by atomic mass is 10.3. The van der Waals surface area contributed by atoms with Crippen LogP contribution in [0.15, 0.2) is 48.5 Å². The lowest BCUT2D eigenvalue weighted by Crippen LogP contribution is -2.23. The predicted octanol–water partition coefficient (Wildman–Crippen LogP) is 5.16. The van der Waals surface area contributed by atoms with E-state index in [-0.39, 0.29) is 10.7 Å². The molecule has 4 rings (SSSR count). The molecule has 0 saturated heterocycles. The first-order valence-corrected chi connectivity index (χ1v) is 11.3. The van der Waals surface area contributed by atoms with Gasteiger partial charge in [0.05, 0.1) is 11.0 Å². The van der Waals surface area contributed by atoms with Crippen LogP contribution in [-0.4, -0.2) is 40.5 Å². The average molecular weight is 413 g/mol. The molecule has 0 saturated carbocycles. The van der Waals surface area contributed by atoms with Crippen molar-refractivity contribution in [3.05, 3.63) is 48.5 Å². The van der Waals surface area contributed by atoms with Gasteiger partial charge in [0.2, 0.25) is 0 Å². The predicted molar refractivity (Wildman–Crippen MR) is 119 cm³/mol. The Labute approximate surface area is 173 Å². The van der Waals surface area contributed by atoms with Crippen molar-refractivity contribution in [1.29, 1.82) is 0 Å². The molecule has 0 radical (unpaired) electrons. The van der Waals surface area contributed by atoms with Gasteiger partial charge < -0.3 is 0 Å². The fourth-order valence-electron chi connectivity index (χ4n) is 3.20. The van der Waals surface area contributed by atoms with Gasteiger partial charge in [-0.05, 0) is 24.3 Å². The zero-order chi connectivity index (χ0) is 19.7. The smallest absolute Gasteiger partial charge is 0.132 e. The molecule has 6 nitrogen and oxygen atoms in total. The van der Waals surface area contributed by atoms with Gasteiger partial charge in [-0.2, -0.15) is 0 Å². The summed E-state index contributed by atoms with van der Waals surface area (Å²) in [4.78, 5) is 0. The Morgan fingerprint density at radius 2 is 1.04 bits per heavy atom. The Kier molecular flexibility index (Phi) is 5.59. The van der Waals surface area contributed by atoms with E-state index in [4.69, 9.17) is 0 Å². The van der Waals surface area contributed by atoms with E-state index in [0.29, 0.717) is 10.5 Å². The van der Waals surface area contributed by atoms with Gasteiger partial charge in [-0.1, -0.05) is 62.4 Å². The topological polar surface area (TPSA) is 61.4 Å². The Morgan fingerprint density at radius 3 is 1.43 bits per heavy atom. The number of nitrogens with zero attached hydrogens (tertiary/aromatic N) is 6. The molecule has 2 heterocycles. The molecule has 0 aliphatic heterocycles. The first kappa shape index (κ1) is 19.3. The Bertz CT molecular complexity index is 985. The lowest BCUT2D eigenvalue weighted by Gasteiger charge is -2.29. The summed E-state index contributed by atoms with van der Waals surface area (Å²) >= 11 is 3.76. The van der Waals surface area contributed by atoms with Crippen LogP contribution >= 0.6 is 23.5 Å². The molecular formula is C20H24N6S2. The number of rotatable bonds is 7. The SMILES string of the molecule is CC(C)SC(C(SC(C)C)n1nnc2ccccc21)n1nnc2ccccc21. The normalized spacial score (nSPS) is 14.4. The maximum absolute atomic E-state index is 4.54. The van der Waals surface area contributed by atoms with E-state index >= 15 is 0 Å². The summed E-state index contributed by atoms with van der Waals surface area (Å²) < 4.78 is 4.10. The number of thioether (sulfide) groups is 2. The summed E-state index contributed by atoms with van der Waals surface area (Å²) in [6, 6.07) is 16.2. The van der Waals surface area contributed by atoms with Crippen LogP contribution < -0.4 is 0 Å². The minimum atomic E-state index is 0.0323. The minimum Gasteiger partial charge on any atom is -0.228 e. The van der Waals surface area contributed by atoms with Crippen molar-refractivity contribution in [3.63, 3.8) is 0 Å². The Balaban J connectivity index is 1.87. The Hall–Kier alpha value is -2.06. The average Bonchev–Trinajstić information content (AvgIpc) is 3.28. The highest BCUT2D eigenvalue weighted by molar-refractivity contribution is 8.03. The first-order chi connectivity index (χ1) is 13.5. The number of aromatic nitrogens is 6. The summed E-state index contributed by atoms with van der Waals surface area (Å²) in [6.07, 6.45) is 0. The van der Waals surface area contributed by atoms with Gasteiger partial charge in [-0.3, -0.25) is 0 Å². The van der Waals surface area contributed by atoms with Gasteiger partial charge in [0, 0.05) is 10.5 Å². The molecule has 2 aromatic heterocycles. The molecule has 28 heavy (non-hydrogen) atoms. The van der Waals surface area contributed by atoms with E-state index in [1.807, 2.05) is 59.9 Å². The standard InChI is InChI=1S/C20H24N6S2/c1-13(2)27-19(25-17-11-7-5-9-15(17)21-23-25)20(28-14(3)4)26-18-12-8-6-10-16(18)22-24-26/h5-14,19-20H,1-4H3. The van der Waals surface area contributed by atoms with Gasteiger partial charge in [0.15, 0.2) is 0 Å². The molecule has 2 atom stereocenters. The number of para-hydroxylation sites is 2. The summed E-state index contributed by atoms with van der Waals surface area (Å²) in [5.74, 6) is 0. The van der Waals surface area contributed by atoms with Crippen molar-refractivity contribution in [2.75, 3.05) is 0 Å². The summed E-state index contributed by atoms with van der Waals surface area (Å²) in [7, 11) is 0. The second-order valence-corrected chi connectivity index (χ2v) is 10.6. The molecule has 0 N–H and O–H groups in total. The Morgan fingerprint density at radius 1 is 0.643 bits per heavy atom. The van der Waals surface area contributed by atoms with Crippen molar-refractivity contribution < 1.29 is 0 Å². The lowest BCUT2D eigenvalue weighted by molar-refractivity contribution is 0.473. The van der Waals surface area contributed by atoms with Crippen LogP contribution in [0.25, 0.3) is 22.1 Å². The van der Waals surface area contributed by atoms with Crippen molar-refractivity contribution in [2.45, 2.75) is 48.9 Å². The van der Waals surface area contributed by atoms with E-state index in [1.165, 1.54) is 0 Å². The van der Waals surface area contributed by atoms with Gasteiger partial charge in [-0.25, -0.2) is 9.36 Å². The molecule has 0 fully saturated rings. The molecule has 0 bridgehead atoms. The maximum atomic E-state index is 4.54.